The van der Waals surface area contributed by atoms with Crippen molar-refractivity contribution in [3.8, 4) is 0 Å². The van der Waals surface area contributed by atoms with E-state index in [0.29, 0.717) is 0 Å². The highest BCUT2D eigenvalue weighted by Gasteiger charge is 2.24. The molecule has 1 amide bonds. The molecule has 96 valence electrons. The Hall–Kier alpha value is -1.85. The molecule has 0 aromatic carbocycles. The zero-order chi connectivity index (χ0) is 13.6. The monoisotopic (exact) mass is 243 g/mol. The van der Waals surface area contributed by atoms with E-state index in [-0.39, 0.29) is 12.3 Å². The minimum absolute atomic E-state index is 0.0779. The van der Waals surface area contributed by atoms with E-state index in [4.69, 9.17) is 14.6 Å². The molecular formula is C11H17NO5. The SMILES string of the molecule is CC(=O)O.CC(C)(C)OC(=O)N1C=CC(=O)C1. The van der Waals surface area contributed by atoms with Crippen LogP contribution in [0.4, 0.5) is 4.79 Å². The number of carboxylic acid groups (broad SMARTS) is 1. The van der Waals surface area contributed by atoms with Gasteiger partial charge in [-0.3, -0.25) is 14.5 Å². The number of ketones is 1. The number of rotatable bonds is 0. The summed E-state index contributed by atoms with van der Waals surface area (Å²) in [4.78, 5) is 32.4. The number of nitrogens with zero attached hydrogens (tertiary/aromatic N) is 1. The van der Waals surface area contributed by atoms with E-state index in [9.17, 15) is 9.59 Å². The molecule has 0 fully saturated rings. The highest BCUT2D eigenvalue weighted by Crippen LogP contribution is 2.11. The number of hydrogen-bond donors (Lipinski definition) is 1. The van der Waals surface area contributed by atoms with E-state index >= 15 is 0 Å². The van der Waals surface area contributed by atoms with Crippen LogP contribution in [-0.4, -0.2) is 40.0 Å². The first kappa shape index (κ1) is 15.2. The van der Waals surface area contributed by atoms with Crippen LogP contribution < -0.4 is 0 Å². The van der Waals surface area contributed by atoms with Crippen LogP contribution in [0.25, 0.3) is 0 Å². The zero-order valence-corrected chi connectivity index (χ0v) is 10.4. The maximum Gasteiger partial charge on any atom is 0.414 e. The molecule has 0 saturated carbocycles. The van der Waals surface area contributed by atoms with E-state index in [2.05, 4.69) is 0 Å². The summed E-state index contributed by atoms with van der Waals surface area (Å²) in [5.41, 5.74) is -0.517. The average Bonchev–Trinajstić information content (AvgIpc) is 2.47. The van der Waals surface area contributed by atoms with Gasteiger partial charge in [0.2, 0.25) is 0 Å². The second-order valence-electron chi connectivity index (χ2n) is 4.41. The summed E-state index contributed by atoms with van der Waals surface area (Å²) in [5, 5.41) is 7.42. The Labute approximate surface area is 99.9 Å². The normalized spacial score (nSPS) is 14.1. The van der Waals surface area contributed by atoms with Gasteiger partial charge < -0.3 is 9.84 Å². The summed E-state index contributed by atoms with van der Waals surface area (Å²) in [6.45, 7) is 6.53. The van der Waals surface area contributed by atoms with Gasteiger partial charge in [-0.05, 0) is 26.8 Å². The van der Waals surface area contributed by atoms with Crippen LogP contribution in [0.3, 0.4) is 0 Å². The Kier molecular flexibility index (Phi) is 5.37. The quantitative estimate of drug-likeness (QED) is 0.695. The second-order valence-corrected chi connectivity index (χ2v) is 4.41. The van der Waals surface area contributed by atoms with Gasteiger partial charge in [0.15, 0.2) is 5.78 Å². The Morgan fingerprint density at radius 2 is 1.88 bits per heavy atom. The van der Waals surface area contributed by atoms with E-state index in [1.807, 2.05) is 0 Å². The molecule has 0 spiro atoms. The molecule has 1 rings (SSSR count). The molecule has 1 aliphatic rings. The van der Waals surface area contributed by atoms with Crippen LogP contribution in [0.2, 0.25) is 0 Å². The molecule has 0 unspecified atom stereocenters. The maximum atomic E-state index is 11.3. The predicted octanol–water partition coefficient (Wildman–Crippen LogP) is 1.41. The van der Waals surface area contributed by atoms with Crippen molar-refractivity contribution in [2.24, 2.45) is 0 Å². The van der Waals surface area contributed by atoms with E-state index in [1.165, 1.54) is 17.2 Å². The molecule has 1 aliphatic heterocycles. The molecule has 1 heterocycles. The van der Waals surface area contributed by atoms with Gasteiger partial charge in [0.05, 0.1) is 6.54 Å². The van der Waals surface area contributed by atoms with Gasteiger partial charge in [0.25, 0.3) is 5.97 Å². The second kappa shape index (κ2) is 6.03. The Balaban J connectivity index is 0.000000557. The van der Waals surface area contributed by atoms with Crippen LogP contribution in [0, 0.1) is 0 Å². The van der Waals surface area contributed by atoms with Crippen molar-refractivity contribution in [3.63, 3.8) is 0 Å². The van der Waals surface area contributed by atoms with Gasteiger partial charge in [-0.15, -0.1) is 0 Å². The van der Waals surface area contributed by atoms with E-state index in [0.717, 1.165) is 6.92 Å². The van der Waals surface area contributed by atoms with Gasteiger partial charge in [0, 0.05) is 13.1 Å². The zero-order valence-electron chi connectivity index (χ0n) is 10.4. The standard InChI is InChI=1S/C9H13NO3.C2H4O2/c1-9(2,3)13-8(12)10-5-4-7(11)6-10;1-2(3)4/h4-5H,6H2,1-3H3;1H3,(H,3,4). The number of ether oxygens (including phenoxy) is 1. The maximum absolute atomic E-state index is 11.3. The van der Waals surface area contributed by atoms with Gasteiger partial charge in [-0.25, -0.2) is 4.79 Å². The molecule has 0 aliphatic carbocycles. The first-order chi connectivity index (χ1) is 7.61. The van der Waals surface area contributed by atoms with Crippen molar-refractivity contribution >= 4 is 17.8 Å². The van der Waals surface area contributed by atoms with Crippen molar-refractivity contribution in [3.05, 3.63) is 12.3 Å². The van der Waals surface area contributed by atoms with Crippen LogP contribution in [0.1, 0.15) is 27.7 Å². The molecule has 1 N–H and O–H groups in total. The summed E-state index contributed by atoms with van der Waals surface area (Å²) >= 11 is 0. The number of hydrogen-bond acceptors (Lipinski definition) is 4. The van der Waals surface area contributed by atoms with E-state index < -0.39 is 17.7 Å². The third-order valence-electron chi connectivity index (χ3n) is 1.39. The van der Waals surface area contributed by atoms with Gasteiger partial charge >= 0.3 is 6.09 Å². The highest BCUT2D eigenvalue weighted by molar-refractivity contribution is 5.96. The fraction of sp³-hybridized carbons (Fsp3) is 0.545. The third-order valence-corrected chi connectivity index (χ3v) is 1.39. The minimum Gasteiger partial charge on any atom is -0.481 e. The van der Waals surface area contributed by atoms with E-state index in [1.54, 1.807) is 20.8 Å². The number of carbonyl (C=O) groups is 3. The fourth-order valence-corrected chi connectivity index (χ4v) is 0.892. The molecular weight excluding hydrogens is 226 g/mol. The van der Waals surface area contributed by atoms with Gasteiger partial charge in [-0.2, -0.15) is 0 Å². The summed E-state index contributed by atoms with van der Waals surface area (Å²) in [6, 6.07) is 0. The average molecular weight is 243 g/mol. The van der Waals surface area contributed by atoms with Crippen molar-refractivity contribution < 1.29 is 24.2 Å². The Morgan fingerprint density at radius 3 is 2.18 bits per heavy atom. The van der Waals surface area contributed by atoms with Crippen LogP contribution in [-0.2, 0) is 14.3 Å². The molecule has 17 heavy (non-hydrogen) atoms. The smallest absolute Gasteiger partial charge is 0.414 e. The summed E-state index contributed by atoms with van der Waals surface area (Å²) in [7, 11) is 0. The summed E-state index contributed by atoms with van der Waals surface area (Å²) < 4.78 is 5.05. The largest absolute Gasteiger partial charge is 0.481 e. The summed E-state index contributed by atoms with van der Waals surface area (Å²) in [5.74, 6) is -0.911. The summed E-state index contributed by atoms with van der Waals surface area (Å²) in [6.07, 6.45) is 2.33. The first-order valence-electron chi connectivity index (χ1n) is 5.02. The van der Waals surface area contributed by atoms with Crippen LogP contribution >= 0.6 is 0 Å². The lowest BCUT2D eigenvalue weighted by atomic mass is 10.2. The molecule has 0 atom stereocenters. The van der Waals surface area contributed by atoms with Crippen molar-refractivity contribution in [2.45, 2.75) is 33.3 Å². The Bertz CT molecular complexity index is 336. The lowest BCUT2D eigenvalue weighted by Gasteiger charge is -2.22. The topological polar surface area (TPSA) is 83.9 Å². The molecule has 6 nitrogen and oxygen atoms in total. The fourth-order valence-electron chi connectivity index (χ4n) is 0.892. The van der Waals surface area contributed by atoms with Crippen LogP contribution in [0.5, 0.6) is 0 Å². The van der Waals surface area contributed by atoms with Crippen molar-refractivity contribution in [1.29, 1.82) is 0 Å². The lowest BCUT2D eigenvalue weighted by molar-refractivity contribution is -0.134. The molecule has 0 aromatic heterocycles. The van der Waals surface area contributed by atoms with Crippen molar-refractivity contribution in [2.75, 3.05) is 6.54 Å². The first-order valence-corrected chi connectivity index (χ1v) is 5.02. The number of aliphatic carboxylic acids is 1. The minimum atomic E-state index is -0.833. The van der Waals surface area contributed by atoms with Gasteiger partial charge in [-0.1, -0.05) is 0 Å². The molecule has 0 aromatic rings. The predicted molar refractivity (Wildman–Crippen MR) is 60.4 cm³/mol. The molecule has 0 saturated heterocycles. The molecule has 6 heteroatoms. The van der Waals surface area contributed by atoms with Crippen molar-refractivity contribution in [1.82, 2.24) is 4.90 Å². The van der Waals surface area contributed by atoms with Gasteiger partial charge in [0.1, 0.15) is 5.60 Å². The molecule has 0 bridgehead atoms. The lowest BCUT2D eigenvalue weighted by Crippen LogP contribution is -2.33. The van der Waals surface area contributed by atoms with Crippen LogP contribution in [0.15, 0.2) is 12.3 Å². The number of carbonyl (C=O) groups excluding carboxylic acids is 2. The third kappa shape index (κ3) is 8.01. The molecule has 0 radical (unpaired) electrons. The Morgan fingerprint density at radius 1 is 1.41 bits per heavy atom. The number of amides is 1. The highest BCUT2D eigenvalue weighted by atomic mass is 16.6. The number of carboxylic acids is 1.